The number of hydrogen-bond acceptors (Lipinski definition) is 4. The Morgan fingerprint density at radius 2 is 2.00 bits per heavy atom. The highest BCUT2D eigenvalue weighted by atomic mass is 16.4. The first-order chi connectivity index (χ1) is 9.87. The molecule has 0 unspecified atom stereocenters. The van der Waals surface area contributed by atoms with E-state index in [4.69, 9.17) is 5.11 Å². The van der Waals surface area contributed by atoms with Crippen LogP contribution in [0, 0.1) is 5.41 Å². The first-order valence-electron chi connectivity index (χ1n) is 6.96. The molecule has 3 N–H and O–H groups in total. The third kappa shape index (κ3) is 1.94. The monoisotopic (exact) mass is 290 g/mol. The Morgan fingerprint density at radius 3 is 2.57 bits per heavy atom. The van der Waals surface area contributed by atoms with Crippen molar-refractivity contribution >= 4 is 17.6 Å². The second-order valence-electron chi connectivity index (χ2n) is 6.03. The number of amides is 1. The molecule has 1 aromatic rings. The van der Waals surface area contributed by atoms with Crippen LogP contribution in [-0.4, -0.2) is 47.3 Å². The Morgan fingerprint density at radius 1 is 1.33 bits per heavy atom. The Balaban J connectivity index is 1.93. The number of carboxylic acid groups (broad SMARTS) is 1. The largest absolute Gasteiger partial charge is 0.478 e. The first-order valence-corrected chi connectivity index (χ1v) is 6.96. The molecule has 1 aromatic carbocycles. The second kappa shape index (κ2) is 4.54. The van der Waals surface area contributed by atoms with E-state index in [1.165, 1.54) is 12.1 Å². The molecule has 2 aliphatic rings. The number of aromatic carboxylic acids is 1. The van der Waals surface area contributed by atoms with Gasteiger partial charge in [-0.25, -0.2) is 4.79 Å². The van der Waals surface area contributed by atoms with Gasteiger partial charge in [-0.2, -0.15) is 0 Å². The van der Waals surface area contributed by atoms with Crippen molar-refractivity contribution in [3.63, 3.8) is 0 Å². The summed E-state index contributed by atoms with van der Waals surface area (Å²) >= 11 is 0. The number of nitrogens with zero attached hydrogens (tertiary/aromatic N) is 1. The molecular formula is C15H18N2O4. The number of hydrogen-bond donors (Lipinski definition) is 3. The van der Waals surface area contributed by atoms with Crippen LogP contribution in [0.1, 0.15) is 23.7 Å². The number of carboxylic acids is 1. The van der Waals surface area contributed by atoms with Crippen molar-refractivity contribution < 1.29 is 19.8 Å². The van der Waals surface area contributed by atoms with E-state index >= 15 is 0 Å². The molecule has 0 spiro atoms. The number of aliphatic hydroxyl groups is 1. The molecule has 0 radical (unpaired) electrons. The van der Waals surface area contributed by atoms with Crippen molar-refractivity contribution in [2.24, 2.45) is 5.41 Å². The molecule has 6 heteroatoms. The van der Waals surface area contributed by atoms with Gasteiger partial charge in [0, 0.05) is 12.2 Å². The first kappa shape index (κ1) is 14.0. The Hall–Kier alpha value is -1.92. The van der Waals surface area contributed by atoms with Crippen LogP contribution in [0.4, 0.5) is 5.69 Å². The molecule has 2 aliphatic heterocycles. The zero-order chi connectivity index (χ0) is 15.3. The number of benzene rings is 1. The van der Waals surface area contributed by atoms with Crippen LogP contribution in [0.5, 0.6) is 0 Å². The molecule has 2 atom stereocenters. The standard InChI is InChI=1S/C15H18N2O4/c1-14-6-7-16-8-15(14,21)9-17(13(14)20)11-4-2-10(3-5-11)12(18)19/h2-5,16,21H,6-9H2,1H3,(H,18,19)/t14-,15-/m1/s1. The third-order valence-corrected chi connectivity index (χ3v) is 4.81. The third-order valence-electron chi connectivity index (χ3n) is 4.81. The van der Waals surface area contributed by atoms with Gasteiger partial charge in [0.15, 0.2) is 0 Å². The SMILES string of the molecule is C[C@]12CCNC[C@@]1(O)CN(c1ccc(C(=O)O)cc1)C2=O. The lowest BCUT2D eigenvalue weighted by Gasteiger charge is -2.40. The topological polar surface area (TPSA) is 89.9 Å². The molecule has 2 saturated heterocycles. The highest BCUT2D eigenvalue weighted by Crippen LogP contribution is 2.45. The van der Waals surface area contributed by atoms with Crippen molar-refractivity contribution in [3.8, 4) is 0 Å². The summed E-state index contributed by atoms with van der Waals surface area (Å²) in [6.45, 7) is 3.12. The van der Waals surface area contributed by atoms with Crippen molar-refractivity contribution in [1.82, 2.24) is 5.32 Å². The number of carbonyl (C=O) groups excluding carboxylic acids is 1. The Kier molecular flexibility index (Phi) is 3.04. The van der Waals surface area contributed by atoms with Gasteiger partial charge in [-0.1, -0.05) is 0 Å². The summed E-state index contributed by atoms with van der Waals surface area (Å²) in [6.07, 6.45) is 0.589. The molecule has 1 amide bonds. The van der Waals surface area contributed by atoms with Crippen LogP contribution >= 0.6 is 0 Å². The molecule has 0 aliphatic carbocycles. The van der Waals surface area contributed by atoms with Gasteiger partial charge >= 0.3 is 5.97 Å². The van der Waals surface area contributed by atoms with E-state index in [0.29, 0.717) is 25.2 Å². The van der Waals surface area contributed by atoms with Crippen LogP contribution in [0.25, 0.3) is 0 Å². The molecule has 2 heterocycles. The lowest BCUT2D eigenvalue weighted by molar-refractivity contribution is -0.137. The van der Waals surface area contributed by atoms with Gasteiger partial charge in [0.2, 0.25) is 5.91 Å². The lowest BCUT2D eigenvalue weighted by atomic mass is 9.71. The molecule has 0 saturated carbocycles. The number of carbonyl (C=O) groups is 2. The number of nitrogens with one attached hydrogen (secondary N) is 1. The molecular weight excluding hydrogens is 272 g/mol. The Labute approximate surface area is 122 Å². The summed E-state index contributed by atoms with van der Waals surface area (Å²) in [5.74, 6) is -1.10. The minimum atomic E-state index is -1.09. The summed E-state index contributed by atoms with van der Waals surface area (Å²) in [6, 6.07) is 6.16. The van der Waals surface area contributed by atoms with Crippen LogP contribution < -0.4 is 10.2 Å². The van der Waals surface area contributed by atoms with Gasteiger partial charge in [0.25, 0.3) is 0 Å². The summed E-state index contributed by atoms with van der Waals surface area (Å²) < 4.78 is 0. The quantitative estimate of drug-likeness (QED) is 0.736. The number of piperidine rings is 1. The predicted octanol–water partition coefficient (Wildman–Crippen LogP) is 0.462. The van der Waals surface area contributed by atoms with Crippen molar-refractivity contribution in [1.29, 1.82) is 0 Å². The van der Waals surface area contributed by atoms with Crippen molar-refractivity contribution in [2.75, 3.05) is 24.5 Å². The van der Waals surface area contributed by atoms with E-state index < -0.39 is 17.0 Å². The molecule has 0 bridgehead atoms. The molecule has 0 aromatic heterocycles. The van der Waals surface area contributed by atoms with Gasteiger partial charge in [-0.3, -0.25) is 4.79 Å². The maximum atomic E-state index is 12.7. The molecule has 6 nitrogen and oxygen atoms in total. The van der Waals surface area contributed by atoms with Crippen LogP contribution in [-0.2, 0) is 4.79 Å². The molecule has 2 fully saturated rings. The number of fused-ring (bicyclic) bond motifs is 1. The molecule has 3 rings (SSSR count). The second-order valence-corrected chi connectivity index (χ2v) is 6.03. The van der Waals surface area contributed by atoms with E-state index in [1.54, 1.807) is 17.0 Å². The van der Waals surface area contributed by atoms with E-state index in [1.807, 2.05) is 6.92 Å². The lowest BCUT2D eigenvalue weighted by Crippen LogP contribution is -2.58. The average molecular weight is 290 g/mol. The van der Waals surface area contributed by atoms with Gasteiger partial charge in [-0.15, -0.1) is 0 Å². The minimum Gasteiger partial charge on any atom is -0.478 e. The van der Waals surface area contributed by atoms with Crippen molar-refractivity contribution in [2.45, 2.75) is 18.9 Å². The predicted molar refractivity (Wildman–Crippen MR) is 76.3 cm³/mol. The fraction of sp³-hybridized carbons (Fsp3) is 0.467. The van der Waals surface area contributed by atoms with Crippen LogP contribution in [0.2, 0.25) is 0 Å². The number of rotatable bonds is 2. The Bertz CT molecular complexity index is 600. The van der Waals surface area contributed by atoms with E-state index in [9.17, 15) is 14.7 Å². The van der Waals surface area contributed by atoms with Crippen LogP contribution in [0.3, 0.4) is 0 Å². The van der Waals surface area contributed by atoms with Gasteiger partial charge in [0.1, 0.15) is 5.60 Å². The van der Waals surface area contributed by atoms with Crippen molar-refractivity contribution in [3.05, 3.63) is 29.8 Å². The zero-order valence-corrected chi connectivity index (χ0v) is 11.8. The fourth-order valence-electron chi connectivity index (χ4n) is 3.22. The van der Waals surface area contributed by atoms with E-state index in [2.05, 4.69) is 5.32 Å². The summed E-state index contributed by atoms with van der Waals surface area (Å²) in [4.78, 5) is 25.1. The van der Waals surface area contributed by atoms with Gasteiger partial charge < -0.3 is 20.4 Å². The maximum absolute atomic E-state index is 12.7. The maximum Gasteiger partial charge on any atom is 0.335 e. The normalized spacial score (nSPS) is 32.1. The number of anilines is 1. The summed E-state index contributed by atoms with van der Waals surface area (Å²) in [5.41, 5.74) is -1.08. The highest BCUT2D eigenvalue weighted by Gasteiger charge is 2.61. The van der Waals surface area contributed by atoms with E-state index in [0.717, 1.165) is 0 Å². The smallest absolute Gasteiger partial charge is 0.335 e. The molecule has 21 heavy (non-hydrogen) atoms. The fourth-order valence-corrected chi connectivity index (χ4v) is 3.22. The average Bonchev–Trinajstić information content (AvgIpc) is 2.68. The summed E-state index contributed by atoms with van der Waals surface area (Å²) in [7, 11) is 0. The van der Waals surface area contributed by atoms with Gasteiger partial charge in [-0.05, 0) is 44.2 Å². The van der Waals surface area contributed by atoms with E-state index in [-0.39, 0.29) is 18.0 Å². The highest BCUT2D eigenvalue weighted by molar-refractivity contribution is 6.02. The minimum absolute atomic E-state index is 0.102. The zero-order valence-electron chi connectivity index (χ0n) is 11.8. The van der Waals surface area contributed by atoms with Gasteiger partial charge in [0.05, 0.1) is 17.5 Å². The molecule has 112 valence electrons. The van der Waals surface area contributed by atoms with Crippen LogP contribution in [0.15, 0.2) is 24.3 Å². The summed E-state index contributed by atoms with van der Waals surface area (Å²) in [5, 5.41) is 22.8. The number of β-amino-alcohol motifs (C(OH)–C–C–N with tert-alkyl or cyclic N) is 1.